The lowest BCUT2D eigenvalue weighted by Crippen LogP contribution is -2.53. The van der Waals surface area contributed by atoms with Gasteiger partial charge in [0.15, 0.2) is 0 Å². The number of nitrogens with zero attached hydrogens (tertiary/aromatic N) is 1. The number of aliphatic hydroxyl groups is 1. The highest BCUT2D eigenvalue weighted by atomic mass is 32.2. The van der Waals surface area contributed by atoms with Crippen molar-refractivity contribution >= 4 is 15.7 Å². The van der Waals surface area contributed by atoms with Crippen molar-refractivity contribution in [2.75, 3.05) is 18.8 Å². The van der Waals surface area contributed by atoms with Crippen molar-refractivity contribution in [2.45, 2.75) is 17.9 Å². The van der Waals surface area contributed by atoms with Crippen LogP contribution in [0.4, 0.5) is 5.69 Å². The molecule has 1 aromatic carbocycles. The number of nitrogen functional groups attached to an aromatic ring is 1. The molecule has 1 aliphatic rings. The smallest absolute Gasteiger partial charge is 0.245 e. The summed E-state index contributed by atoms with van der Waals surface area (Å²) in [6, 6.07) is 4.99. The number of hydrogen-bond acceptors (Lipinski definition) is 4. The number of sulfonamides is 1. The van der Waals surface area contributed by atoms with Gasteiger partial charge in [0, 0.05) is 13.1 Å². The SMILES string of the molecule is Cc1cccc(N)c1S(=O)(=O)N1CC(O)C1. The Bertz CT molecular complexity index is 487. The van der Waals surface area contributed by atoms with Gasteiger partial charge in [-0.25, -0.2) is 8.42 Å². The fraction of sp³-hybridized carbons (Fsp3) is 0.400. The average Bonchev–Trinajstić information content (AvgIpc) is 2.12. The van der Waals surface area contributed by atoms with Crippen molar-refractivity contribution in [3.8, 4) is 0 Å². The third-order valence-electron chi connectivity index (χ3n) is 2.67. The van der Waals surface area contributed by atoms with E-state index >= 15 is 0 Å². The molecule has 0 aromatic heterocycles. The van der Waals surface area contributed by atoms with Gasteiger partial charge < -0.3 is 10.8 Å². The van der Waals surface area contributed by atoms with Crippen LogP contribution in [0.15, 0.2) is 23.1 Å². The number of hydrogen-bond donors (Lipinski definition) is 2. The lowest BCUT2D eigenvalue weighted by atomic mass is 10.2. The Morgan fingerprint density at radius 2 is 2.06 bits per heavy atom. The minimum Gasteiger partial charge on any atom is -0.398 e. The van der Waals surface area contributed by atoms with E-state index in [2.05, 4.69) is 0 Å². The summed E-state index contributed by atoms with van der Waals surface area (Å²) in [5.74, 6) is 0. The second kappa shape index (κ2) is 3.73. The summed E-state index contributed by atoms with van der Waals surface area (Å²) in [7, 11) is -3.55. The van der Waals surface area contributed by atoms with Crippen LogP contribution in [0.2, 0.25) is 0 Å². The summed E-state index contributed by atoms with van der Waals surface area (Å²) < 4.78 is 25.5. The molecule has 0 spiro atoms. The van der Waals surface area contributed by atoms with Gasteiger partial charge in [-0.2, -0.15) is 4.31 Å². The summed E-state index contributed by atoms with van der Waals surface area (Å²) >= 11 is 0. The number of β-amino-alcohol motifs (C(OH)–C–C–N with tert-alkyl or cyclic N) is 1. The molecule has 3 N–H and O–H groups in total. The first-order valence-electron chi connectivity index (χ1n) is 4.96. The van der Waals surface area contributed by atoms with E-state index in [0.29, 0.717) is 5.56 Å². The highest BCUT2D eigenvalue weighted by molar-refractivity contribution is 7.89. The predicted octanol–water partition coefficient (Wildman–Crippen LogP) is -0.0576. The molecule has 0 aliphatic carbocycles. The first-order chi connectivity index (χ1) is 7.43. The zero-order valence-electron chi connectivity index (χ0n) is 8.92. The Labute approximate surface area is 94.5 Å². The normalized spacial score (nSPS) is 18.4. The summed E-state index contributed by atoms with van der Waals surface area (Å²) in [6.07, 6.45) is -0.556. The fourth-order valence-corrected chi connectivity index (χ4v) is 3.61. The van der Waals surface area contributed by atoms with Crippen molar-refractivity contribution in [2.24, 2.45) is 0 Å². The minimum absolute atomic E-state index is 0.149. The number of benzene rings is 1. The molecule has 6 heteroatoms. The van der Waals surface area contributed by atoms with Crippen LogP contribution in [-0.4, -0.2) is 37.0 Å². The van der Waals surface area contributed by atoms with Gasteiger partial charge in [0.2, 0.25) is 10.0 Å². The lowest BCUT2D eigenvalue weighted by molar-refractivity contribution is 0.0548. The van der Waals surface area contributed by atoms with Crippen molar-refractivity contribution in [1.29, 1.82) is 0 Å². The molecular weight excluding hydrogens is 228 g/mol. The molecule has 0 atom stereocenters. The second-order valence-electron chi connectivity index (χ2n) is 3.97. The Morgan fingerprint density at radius 1 is 1.44 bits per heavy atom. The van der Waals surface area contributed by atoms with E-state index in [0.717, 1.165) is 0 Å². The molecule has 1 aromatic rings. The van der Waals surface area contributed by atoms with Crippen LogP contribution in [-0.2, 0) is 10.0 Å². The number of rotatable bonds is 2. The Kier molecular flexibility index (Phi) is 2.65. The van der Waals surface area contributed by atoms with E-state index in [4.69, 9.17) is 10.8 Å². The Balaban J connectivity index is 2.44. The molecule has 0 unspecified atom stereocenters. The van der Waals surface area contributed by atoms with Crippen LogP contribution < -0.4 is 5.73 Å². The van der Waals surface area contributed by atoms with Crippen LogP contribution in [0.3, 0.4) is 0 Å². The van der Waals surface area contributed by atoms with E-state index in [9.17, 15) is 8.42 Å². The number of aliphatic hydroxyl groups excluding tert-OH is 1. The number of aryl methyl sites for hydroxylation is 1. The molecule has 0 saturated carbocycles. The third kappa shape index (κ3) is 1.68. The molecule has 5 nitrogen and oxygen atoms in total. The molecule has 1 saturated heterocycles. The first kappa shape index (κ1) is 11.4. The van der Waals surface area contributed by atoms with Crippen LogP contribution in [0.25, 0.3) is 0 Å². The maximum Gasteiger partial charge on any atom is 0.245 e. The van der Waals surface area contributed by atoms with E-state index in [1.165, 1.54) is 4.31 Å². The van der Waals surface area contributed by atoms with Crippen molar-refractivity contribution in [1.82, 2.24) is 4.31 Å². The second-order valence-corrected chi connectivity index (χ2v) is 5.84. The monoisotopic (exact) mass is 242 g/mol. The van der Waals surface area contributed by atoms with E-state index in [1.54, 1.807) is 25.1 Å². The minimum atomic E-state index is -3.55. The maximum absolute atomic E-state index is 12.1. The van der Waals surface area contributed by atoms with Gasteiger partial charge in [-0.05, 0) is 18.6 Å². The molecular formula is C10H14N2O3S. The van der Waals surface area contributed by atoms with Gasteiger partial charge in [-0.1, -0.05) is 12.1 Å². The van der Waals surface area contributed by atoms with Crippen molar-refractivity contribution < 1.29 is 13.5 Å². The highest BCUT2D eigenvalue weighted by Gasteiger charge is 2.37. The first-order valence-corrected chi connectivity index (χ1v) is 6.40. The molecule has 0 bridgehead atoms. The topological polar surface area (TPSA) is 83.6 Å². The van der Waals surface area contributed by atoms with E-state index in [1.807, 2.05) is 0 Å². The van der Waals surface area contributed by atoms with Gasteiger partial charge in [-0.3, -0.25) is 0 Å². The van der Waals surface area contributed by atoms with Crippen molar-refractivity contribution in [3.05, 3.63) is 23.8 Å². The highest BCUT2D eigenvalue weighted by Crippen LogP contribution is 2.28. The quantitative estimate of drug-likeness (QED) is 0.712. The molecule has 0 radical (unpaired) electrons. The van der Waals surface area contributed by atoms with Gasteiger partial charge in [0.05, 0.1) is 11.8 Å². The van der Waals surface area contributed by atoms with Crippen molar-refractivity contribution in [3.63, 3.8) is 0 Å². The van der Waals surface area contributed by atoms with E-state index in [-0.39, 0.29) is 23.7 Å². The third-order valence-corrected chi connectivity index (χ3v) is 4.72. The number of nitrogens with two attached hydrogens (primary N) is 1. The van der Waals surface area contributed by atoms with Crippen LogP contribution in [0.5, 0.6) is 0 Å². The van der Waals surface area contributed by atoms with Gasteiger partial charge >= 0.3 is 0 Å². The molecule has 1 aliphatic heterocycles. The summed E-state index contributed by atoms with van der Waals surface area (Å²) in [6.45, 7) is 2.01. The molecule has 0 amide bonds. The predicted molar refractivity (Wildman–Crippen MR) is 60.4 cm³/mol. The van der Waals surface area contributed by atoms with Crippen LogP contribution in [0, 0.1) is 6.92 Å². The Hall–Kier alpha value is -1.11. The van der Waals surface area contributed by atoms with E-state index < -0.39 is 16.1 Å². The largest absolute Gasteiger partial charge is 0.398 e. The molecule has 16 heavy (non-hydrogen) atoms. The molecule has 2 rings (SSSR count). The lowest BCUT2D eigenvalue weighted by Gasteiger charge is -2.35. The zero-order chi connectivity index (χ0) is 11.9. The molecule has 88 valence electrons. The Morgan fingerprint density at radius 3 is 2.56 bits per heavy atom. The van der Waals surface area contributed by atoms with Gasteiger partial charge in [0.25, 0.3) is 0 Å². The average molecular weight is 242 g/mol. The van der Waals surface area contributed by atoms with Crippen LogP contribution in [0.1, 0.15) is 5.56 Å². The van der Waals surface area contributed by atoms with Gasteiger partial charge in [-0.15, -0.1) is 0 Å². The maximum atomic E-state index is 12.1. The fourth-order valence-electron chi connectivity index (χ4n) is 1.77. The van der Waals surface area contributed by atoms with Gasteiger partial charge in [0.1, 0.15) is 4.90 Å². The summed E-state index contributed by atoms with van der Waals surface area (Å²) in [5, 5.41) is 9.13. The summed E-state index contributed by atoms with van der Waals surface area (Å²) in [5.41, 5.74) is 6.57. The zero-order valence-corrected chi connectivity index (χ0v) is 9.74. The number of anilines is 1. The standard InChI is InChI=1S/C10H14N2O3S/c1-7-3-2-4-9(11)10(7)16(14,15)12-5-8(13)6-12/h2-4,8,13H,5-6,11H2,1H3. The molecule has 1 fully saturated rings. The molecule has 1 heterocycles. The summed E-state index contributed by atoms with van der Waals surface area (Å²) in [4.78, 5) is 0.155. The van der Waals surface area contributed by atoms with Crippen LogP contribution >= 0.6 is 0 Å².